The highest BCUT2D eigenvalue weighted by molar-refractivity contribution is 5.88. The summed E-state index contributed by atoms with van der Waals surface area (Å²) in [6, 6.07) is 5.91. The molecule has 5 rings (SSSR count). The number of non-ortho nitro benzene ring substituents is 1. The lowest BCUT2D eigenvalue weighted by Gasteiger charge is -2.49. The normalized spacial score (nSPS) is 38.5. The number of hydrogen-bond acceptors (Lipinski definition) is 21. The first kappa shape index (κ1) is 61.0. The number of aliphatic hydroxyl groups is 5. The molecule has 23 heteroatoms. The van der Waals surface area contributed by atoms with Crippen molar-refractivity contribution >= 4 is 17.4 Å². The lowest BCUT2D eigenvalue weighted by Crippen LogP contribution is -2.61. The van der Waals surface area contributed by atoms with E-state index in [0.717, 1.165) is 11.3 Å². The van der Waals surface area contributed by atoms with Gasteiger partial charge in [-0.3, -0.25) is 24.4 Å². The predicted octanol–water partition coefficient (Wildman–Crippen LogP) is 3.40. The van der Waals surface area contributed by atoms with E-state index in [4.69, 9.17) is 38.1 Å². The molecule has 0 unspecified atom stereocenters. The van der Waals surface area contributed by atoms with Gasteiger partial charge in [-0.15, -0.1) is 5.10 Å². The van der Waals surface area contributed by atoms with Crippen LogP contribution in [0.25, 0.3) is 0 Å². The van der Waals surface area contributed by atoms with Gasteiger partial charge in [0, 0.05) is 89.3 Å². The van der Waals surface area contributed by atoms with Crippen LogP contribution >= 0.6 is 0 Å². The van der Waals surface area contributed by atoms with Gasteiger partial charge in [0.25, 0.3) is 5.69 Å². The van der Waals surface area contributed by atoms with Crippen molar-refractivity contribution in [2.45, 2.75) is 199 Å². The highest BCUT2D eigenvalue weighted by Crippen LogP contribution is 2.41. The molecule has 0 aliphatic carbocycles. The standard InChI is InChI=1S/C51H85N7O16/c1-15-39-51(10,64)44(60)31(4)41(53-68-28-69-55(11)12)29(2)25-49(8,63)46(32(5)43(33(6)47(62)72-39)73-40-26-50(9,67-14)45(61)34(7)71-40)74-48-42(59)38(24-30(3)70-48)56(13)22-21-36-27-57(54-52-36)23-20-35-16-18-37(19-17-35)58(65)66/h16-19,27,29-34,38-40,42-46,48,59-61,63-64H,15,20-26,28H2,1-14H3/b53-41+/t29-,30-,31+,32+,33-,34+,38+,39-,40+,42-,43+,44-,45+,46-,48+,49-,50-,51-/m1/s1. The molecule has 0 amide bonds. The van der Waals surface area contributed by atoms with E-state index in [0.29, 0.717) is 32.4 Å². The molecule has 5 N–H and O–H groups in total. The molecule has 18 atom stereocenters. The zero-order valence-corrected chi connectivity index (χ0v) is 45.8. The summed E-state index contributed by atoms with van der Waals surface area (Å²) in [7, 11) is 6.72. The van der Waals surface area contributed by atoms with Crippen LogP contribution in [0.15, 0.2) is 35.6 Å². The number of carbonyl (C=O) groups excluding carboxylic acids is 1. The summed E-state index contributed by atoms with van der Waals surface area (Å²) in [5.74, 6) is -4.40. The Balaban J connectivity index is 1.48. The van der Waals surface area contributed by atoms with Crippen molar-refractivity contribution in [2.24, 2.45) is 28.8 Å². The minimum absolute atomic E-state index is 0.0266. The number of likely N-dealkylation sites (N-methyl/N-ethyl adjacent to an activating group) is 1. The molecule has 3 saturated heterocycles. The van der Waals surface area contributed by atoms with Gasteiger partial charge in [0.05, 0.1) is 64.0 Å². The van der Waals surface area contributed by atoms with E-state index in [1.54, 1.807) is 86.3 Å². The molecule has 2 aromatic rings. The first-order chi connectivity index (χ1) is 34.6. The average molecular weight is 1050 g/mol. The van der Waals surface area contributed by atoms with Gasteiger partial charge in [-0.25, -0.2) is 0 Å². The highest BCUT2D eigenvalue weighted by Gasteiger charge is 2.53. The molecule has 0 spiro atoms. The summed E-state index contributed by atoms with van der Waals surface area (Å²) >= 11 is 0. The number of aryl methyl sites for hydroxylation is 2. The number of carbonyl (C=O) groups is 1. The number of cyclic esters (lactones) is 1. The molecule has 1 aromatic carbocycles. The summed E-state index contributed by atoms with van der Waals surface area (Å²) in [4.78, 5) is 38.3. The molecule has 3 fully saturated rings. The Hall–Kier alpha value is -3.82. The largest absolute Gasteiger partial charge is 0.459 e. The summed E-state index contributed by atoms with van der Waals surface area (Å²) < 4.78 is 40.0. The van der Waals surface area contributed by atoms with Gasteiger partial charge in [-0.1, -0.05) is 50.2 Å². The Morgan fingerprint density at radius 3 is 2.24 bits per heavy atom. The van der Waals surface area contributed by atoms with Gasteiger partial charge in [0.2, 0.25) is 6.79 Å². The van der Waals surface area contributed by atoms with Gasteiger partial charge < -0.3 is 63.7 Å². The Labute approximate surface area is 435 Å². The first-order valence-corrected chi connectivity index (χ1v) is 25.8. The quantitative estimate of drug-likeness (QED) is 0.0470. The van der Waals surface area contributed by atoms with Gasteiger partial charge in [0.1, 0.15) is 23.9 Å². The highest BCUT2D eigenvalue weighted by atomic mass is 16.8. The molecule has 74 heavy (non-hydrogen) atoms. The Morgan fingerprint density at radius 1 is 0.946 bits per heavy atom. The van der Waals surface area contributed by atoms with Crippen LogP contribution in [0.3, 0.4) is 0 Å². The maximum Gasteiger partial charge on any atom is 0.311 e. The van der Waals surface area contributed by atoms with E-state index < -0.39 is 119 Å². The third kappa shape index (κ3) is 15.0. The Bertz CT molecular complexity index is 2130. The number of aromatic nitrogens is 3. The summed E-state index contributed by atoms with van der Waals surface area (Å²) in [5.41, 5.74) is -3.01. The second-order valence-electron chi connectivity index (χ2n) is 21.7. The van der Waals surface area contributed by atoms with Gasteiger partial charge in [0.15, 0.2) is 12.6 Å². The third-order valence-corrected chi connectivity index (χ3v) is 15.4. The molecule has 3 aliphatic heterocycles. The predicted molar refractivity (Wildman–Crippen MR) is 269 cm³/mol. The van der Waals surface area contributed by atoms with Crippen molar-refractivity contribution in [3.05, 3.63) is 51.8 Å². The van der Waals surface area contributed by atoms with Crippen molar-refractivity contribution in [2.75, 3.05) is 41.6 Å². The fourth-order valence-corrected chi connectivity index (χ4v) is 10.8. The van der Waals surface area contributed by atoms with Crippen molar-refractivity contribution in [3.63, 3.8) is 0 Å². The average Bonchev–Trinajstić information content (AvgIpc) is 3.81. The van der Waals surface area contributed by atoms with Gasteiger partial charge in [-0.2, -0.15) is 5.06 Å². The summed E-state index contributed by atoms with van der Waals surface area (Å²) in [6.45, 7) is 17.5. The minimum Gasteiger partial charge on any atom is -0.459 e. The molecule has 0 radical (unpaired) electrons. The number of nitro benzene ring substituents is 1. The summed E-state index contributed by atoms with van der Waals surface area (Å²) in [5, 5.41) is 86.1. The van der Waals surface area contributed by atoms with Crippen LogP contribution in [0.2, 0.25) is 0 Å². The topological polar surface area (TPSA) is 285 Å². The number of oxime groups is 1. The smallest absolute Gasteiger partial charge is 0.311 e. The number of ether oxygens (including phenoxy) is 6. The Morgan fingerprint density at radius 2 is 1.62 bits per heavy atom. The van der Waals surface area contributed by atoms with Crippen LogP contribution < -0.4 is 0 Å². The van der Waals surface area contributed by atoms with Crippen LogP contribution in [0, 0.1) is 33.8 Å². The number of methoxy groups -OCH3 is 1. The first-order valence-electron chi connectivity index (χ1n) is 25.8. The third-order valence-electron chi connectivity index (χ3n) is 15.4. The number of nitro groups is 1. The van der Waals surface area contributed by atoms with Crippen LogP contribution in [0.4, 0.5) is 5.69 Å². The molecule has 3 aliphatic rings. The number of benzene rings is 1. The fourth-order valence-electron chi connectivity index (χ4n) is 10.8. The molecule has 23 nitrogen and oxygen atoms in total. The van der Waals surface area contributed by atoms with Crippen LogP contribution in [0.5, 0.6) is 0 Å². The Kier molecular flexibility index (Phi) is 21.5. The molecule has 0 saturated carbocycles. The van der Waals surface area contributed by atoms with E-state index in [2.05, 4.69) is 15.5 Å². The van der Waals surface area contributed by atoms with E-state index in [-0.39, 0.29) is 37.5 Å². The number of hydrogen-bond donors (Lipinski definition) is 5. The lowest BCUT2D eigenvalue weighted by atomic mass is 9.73. The van der Waals surface area contributed by atoms with Crippen molar-refractivity contribution in [1.82, 2.24) is 25.0 Å². The second-order valence-corrected chi connectivity index (χ2v) is 21.7. The van der Waals surface area contributed by atoms with Crippen molar-refractivity contribution < 1.29 is 73.3 Å². The molecule has 1 aromatic heterocycles. The molecular weight excluding hydrogens is 967 g/mol. The zero-order valence-electron chi connectivity index (χ0n) is 45.8. The van der Waals surface area contributed by atoms with E-state index in [1.807, 2.05) is 25.1 Å². The molecular formula is C51H85N7O16. The number of hydroxylamine groups is 2. The number of nitrogens with zero attached hydrogens (tertiary/aromatic N) is 7. The number of aliphatic hydroxyl groups excluding tert-OH is 3. The maximum absolute atomic E-state index is 14.6. The molecule has 4 heterocycles. The number of esters is 1. The zero-order chi connectivity index (χ0) is 55.0. The van der Waals surface area contributed by atoms with Crippen molar-refractivity contribution in [3.8, 4) is 0 Å². The lowest BCUT2D eigenvalue weighted by molar-refractivity contribution is -0.384. The molecule has 420 valence electrons. The van der Waals surface area contributed by atoms with Crippen LogP contribution in [0.1, 0.15) is 106 Å². The number of rotatable bonds is 18. The van der Waals surface area contributed by atoms with Crippen LogP contribution in [-0.2, 0) is 62.3 Å². The SMILES string of the molecule is CC[C@H]1OC(=O)[C@H](C)[C@@H](O[C@H]2C[C@@](C)(OC)[C@@H](O)[C@H](C)O2)[C@H](C)[C@@H](O[C@@H]2O[C@H](C)C[C@H](N(C)CCc3cn(CCc4ccc([N+](=O)[O-])cc4)nn3)[C@H]2O)[C@](C)(O)C[C@@H](C)/C(=N\OCON(C)C)[C@H](C)[C@@H](O)[C@]1(C)O. The summed E-state index contributed by atoms with van der Waals surface area (Å²) in [6.07, 6.45) is -7.50. The molecule has 0 bridgehead atoms. The maximum atomic E-state index is 14.6. The van der Waals surface area contributed by atoms with Crippen LogP contribution in [-0.4, -0.2) is 193 Å². The second kappa shape index (κ2) is 26.0. The van der Waals surface area contributed by atoms with E-state index in [1.165, 1.54) is 31.2 Å². The fraction of sp³-hybridized carbons (Fsp3) is 0.804. The van der Waals surface area contributed by atoms with Gasteiger partial charge >= 0.3 is 5.97 Å². The monoisotopic (exact) mass is 1050 g/mol. The van der Waals surface area contributed by atoms with E-state index in [9.17, 15) is 40.4 Å². The van der Waals surface area contributed by atoms with E-state index >= 15 is 0 Å². The minimum atomic E-state index is -2.01. The van der Waals surface area contributed by atoms with Crippen molar-refractivity contribution in [1.29, 1.82) is 0 Å². The van der Waals surface area contributed by atoms with Gasteiger partial charge in [-0.05, 0) is 79.8 Å².